The first-order valence-corrected chi connectivity index (χ1v) is 10.2. The average Bonchev–Trinajstić information content (AvgIpc) is 3.02. The van der Waals surface area contributed by atoms with Gasteiger partial charge >= 0.3 is 12.3 Å². The van der Waals surface area contributed by atoms with Crippen molar-refractivity contribution >= 4 is 17.7 Å². The maximum atomic E-state index is 13.8. The number of aromatic nitrogens is 4. The second kappa shape index (κ2) is 8.72. The Morgan fingerprint density at radius 2 is 2.06 bits per heavy atom. The number of nitrogens with zero attached hydrogens (tertiary/aromatic N) is 6. The summed E-state index contributed by atoms with van der Waals surface area (Å²) in [6.07, 6.45) is -4.21. The van der Waals surface area contributed by atoms with Crippen LogP contribution in [0, 0.1) is 0 Å². The molecule has 0 spiro atoms. The molecule has 3 rings (SSSR count). The van der Waals surface area contributed by atoms with E-state index in [4.69, 9.17) is 4.74 Å². The molecule has 1 unspecified atom stereocenters. The smallest absolute Gasteiger partial charge is 0.416 e. The first-order valence-electron chi connectivity index (χ1n) is 10.2. The first-order chi connectivity index (χ1) is 14.5. The third kappa shape index (κ3) is 4.75. The Labute approximate surface area is 179 Å². The van der Waals surface area contributed by atoms with E-state index in [1.54, 1.807) is 45.8 Å². The van der Waals surface area contributed by atoms with Gasteiger partial charge in [0.2, 0.25) is 0 Å². The molecule has 1 amide bonds. The Hall–Kier alpha value is -2.85. The second-order valence-corrected chi connectivity index (χ2v) is 7.85. The number of benzene rings is 1. The van der Waals surface area contributed by atoms with Gasteiger partial charge in [-0.2, -0.15) is 18.0 Å². The van der Waals surface area contributed by atoms with Gasteiger partial charge in [-0.25, -0.2) is 4.79 Å². The van der Waals surface area contributed by atoms with Crippen LogP contribution in [0.5, 0.6) is 0 Å². The number of ether oxygens (including phenoxy) is 1. The van der Waals surface area contributed by atoms with E-state index in [0.29, 0.717) is 24.4 Å². The number of hydrogen-bond acceptors (Lipinski definition) is 6. The lowest BCUT2D eigenvalue weighted by molar-refractivity contribution is -0.138. The van der Waals surface area contributed by atoms with Crippen LogP contribution in [-0.2, 0) is 24.4 Å². The highest BCUT2D eigenvalue weighted by Gasteiger charge is 2.38. The molecule has 1 aromatic carbocycles. The van der Waals surface area contributed by atoms with Crippen LogP contribution in [0.15, 0.2) is 12.1 Å². The van der Waals surface area contributed by atoms with Gasteiger partial charge in [-0.3, -0.25) is 4.90 Å². The Morgan fingerprint density at radius 1 is 1.35 bits per heavy atom. The molecule has 11 heteroatoms. The van der Waals surface area contributed by atoms with E-state index < -0.39 is 23.9 Å². The molecular weight excluding hydrogens is 413 g/mol. The van der Waals surface area contributed by atoms with Gasteiger partial charge in [0.25, 0.3) is 5.95 Å². The number of amides is 1. The van der Waals surface area contributed by atoms with Crippen molar-refractivity contribution in [2.45, 2.75) is 58.4 Å². The van der Waals surface area contributed by atoms with Crippen molar-refractivity contribution in [1.29, 1.82) is 0 Å². The molecule has 1 aliphatic heterocycles. The van der Waals surface area contributed by atoms with Crippen LogP contribution in [0.4, 0.5) is 29.6 Å². The predicted molar refractivity (Wildman–Crippen MR) is 109 cm³/mol. The molecule has 170 valence electrons. The Kier molecular flexibility index (Phi) is 6.42. The van der Waals surface area contributed by atoms with Gasteiger partial charge in [-0.15, -0.1) is 5.10 Å². The third-order valence-electron chi connectivity index (χ3n) is 5.29. The summed E-state index contributed by atoms with van der Waals surface area (Å²) in [5, 5.41) is 12.1. The highest BCUT2D eigenvalue weighted by atomic mass is 19.4. The SMILES string of the molecule is CCc1cc2c(cc1C(F)(F)F)N(C(=O)OC(C)C)CCCC2N(C)c1nnn(C)n1. The Bertz CT molecular complexity index is 943. The summed E-state index contributed by atoms with van der Waals surface area (Å²) < 4.78 is 46.7. The highest BCUT2D eigenvalue weighted by molar-refractivity contribution is 5.89. The minimum atomic E-state index is -4.53. The zero-order valence-corrected chi connectivity index (χ0v) is 18.3. The van der Waals surface area contributed by atoms with E-state index in [1.165, 1.54) is 9.70 Å². The Morgan fingerprint density at radius 3 is 2.61 bits per heavy atom. The van der Waals surface area contributed by atoms with Crippen molar-refractivity contribution < 1.29 is 22.7 Å². The fraction of sp³-hybridized carbons (Fsp3) is 0.600. The van der Waals surface area contributed by atoms with Crippen LogP contribution >= 0.6 is 0 Å². The van der Waals surface area contributed by atoms with E-state index in [9.17, 15) is 18.0 Å². The minimum absolute atomic E-state index is 0.177. The molecule has 0 fully saturated rings. The summed E-state index contributed by atoms with van der Waals surface area (Å²) in [4.78, 5) is 17.2. The highest BCUT2D eigenvalue weighted by Crippen LogP contribution is 2.43. The summed E-state index contributed by atoms with van der Waals surface area (Å²) in [6.45, 7) is 5.34. The zero-order valence-electron chi connectivity index (χ0n) is 18.3. The van der Waals surface area contributed by atoms with Gasteiger partial charge in [0, 0.05) is 13.6 Å². The zero-order chi connectivity index (χ0) is 22.9. The predicted octanol–water partition coefficient (Wildman–Crippen LogP) is 4.11. The monoisotopic (exact) mass is 440 g/mol. The fourth-order valence-electron chi connectivity index (χ4n) is 3.84. The van der Waals surface area contributed by atoms with E-state index in [-0.39, 0.29) is 30.3 Å². The number of aryl methyl sites for hydroxylation is 2. The number of fused-ring (bicyclic) bond motifs is 1. The van der Waals surface area contributed by atoms with Gasteiger partial charge in [-0.1, -0.05) is 18.1 Å². The van der Waals surface area contributed by atoms with Crippen molar-refractivity contribution in [2.24, 2.45) is 7.05 Å². The number of alkyl halides is 3. The molecule has 0 aliphatic carbocycles. The summed E-state index contributed by atoms with van der Waals surface area (Å²) >= 11 is 0. The molecule has 2 heterocycles. The molecule has 8 nitrogen and oxygen atoms in total. The lowest BCUT2D eigenvalue weighted by Gasteiger charge is -2.30. The maximum Gasteiger partial charge on any atom is 0.416 e. The van der Waals surface area contributed by atoms with Gasteiger partial charge in [0.1, 0.15) is 0 Å². The number of carbonyl (C=O) groups excluding carboxylic acids is 1. The normalized spacial score (nSPS) is 16.8. The van der Waals surface area contributed by atoms with Gasteiger partial charge < -0.3 is 9.64 Å². The number of hydrogen-bond donors (Lipinski definition) is 0. The largest absolute Gasteiger partial charge is 0.446 e. The van der Waals surface area contributed by atoms with Crippen LogP contribution in [0.1, 0.15) is 56.3 Å². The number of anilines is 2. The molecular formula is C20H27F3N6O2. The van der Waals surface area contributed by atoms with E-state index in [0.717, 1.165) is 6.07 Å². The number of halogens is 3. The molecule has 0 bridgehead atoms. The van der Waals surface area contributed by atoms with Crippen LogP contribution < -0.4 is 9.80 Å². The van der Waals surface area contributed by atoms with Crippen LogP contribution in [0.2, 0.25) is 0 Å². The molecule has 0 radical (unpaired) electrons. The molecule has 31 heavy (non-hydrogen) atoms. The van der Waals surface area contributed by atoms with Crippen molar-refractivity contribution in [1.82, 2.24) is 20.2 Å². The topological polar surface area (TPSA) is 76.4 Å². The van der Waals surface area contributed by atoms with Crippen molar-refractivity contribution in [3.63, 3.8) is 0 Å². The second-order valence-electron chi connectivity index (χ2n) is 7.85. The Balaban J connectivity index is 2.17. The standard InChI is InChI=1S/C20H27F3N6O2/c1-6-13-10-14-16(27(4)18-24-26-28(5)25-18)8-7-9-29(19(30)31-12(2)3)17(14)11-15(13)20(21,22)23/h10-12,16H,6-9H2,1-5H3. The third-order valence-corrected chi connectivity index (χ3v) is 5.29. The summed E-state index contributed by atoms with van der Waals surface area (Å²) in [5.41, 5.74) is 0.249. The minimum Gasteiger partial charge on any atom is -0.446 e. The van der Waals surface area contributed by atoms with E-state index in [2.05, 4.69) is 15.4 Å². The molecule has 0 N–H and O–H groups in total. The van der Waals surface area contributed by atoms with Gasteiger partial charge in [0.15, 0.2) is 0 Å². The quantitative estimate of drug-likeness (QED) is 0.712. The summed E-state index contributed by atoms with van der Waals surface area (Å²) in [7, 11) is 3.41. The lowest BCUT2D eigenvalue weighted by Crippen LogP contribution is -2.34. The summed E-state index contributed by atoms with van der Waals surface area (Å²) in [6, 6.07) is 2.30. The summed E-state index contributed by atoms with van der Waals surface area (Å²) in [5.74, 6) is 0.356. The fourth-order valence-corrected chi connectivity index (χ4v) is 3.84. The number of rotatable bonds is 4. The molecule has 1 atom stereocenters. The average molecular weight is 440 g/mol. The van der Waals surface area contributed by atoms with Crippen LogP contribution in [0.25, 0.3) is 0 Å². The van der Waals surface area contributed by atoms with Crippen molar-refractivity contribution in [2.75, 3.05) is 23.4 Å². The molecule has 0 saturated heterocycles. The van der Waals surface area contributed by atoms with Crippen LogP contribution in [0.3, 0.4) is 0 Å². The lowest BCUT2D eigenvalue weighted by atomic mass is 9.93. The van der Waals surface area contributed by atoms with Crippen LogP contribution in [-0.4, -0.2) is 46.0 Å². The van der Waals surface area contributed by atoms with Gasteiger partial charge in [-0.05, 0) is 55.5 Å². The van der Waals surface area contributed by atoms with Gasteiger partial charge in [0.05, 0.1) is 30.4 Å². The van der Waals surface area contributed by atoms with E-state index in [1.807, 2.05) is 0 Å². The number of tetrazole rings is 1. The van der Waals surface area contributed by atoms with Crippen molar-refractivity contribution in [3.05, 3.63) is 28.8 Å². The molecule has 1 aromatic heterocycles. The molecule has 0 saturated carbocycles. The number of carbonyl (C=O) groups is 1. The molecule has 1 aliphatic rings. The molecule has 2 aromatic rings. The first kappa shape index (κ1) is 22.8. The van der Waals surface area contributed by atoms with Crippen molar-refractivity contribution in [3.8, 4) is 0 Å². The maximum absolute atomic E-state index is 13.8. The van der Waals surface area contributed by atoms with E-state index >= 15 is 0 Å².